The van der Waals surface area contributed by atoms with Crippen LogP contribution in [0.4, 0.5) is 10.5 Å². The number of rotatable bonds is 3. The van der Waals surface area contributed by atoms with Gasteiger partial charge >= 0.3 is 6.03 Å². The van der Waals surface area contributed by atoms with Crippen molar-refractivity contribution < 1.29 is 19.2 Å². The molecule has 0 bridgehead atoms. The third-order valence-electron chi connectivity index (χ3n) is 6.17. The summed E-state index contributed by atoms with van der Waals surface area (Å²) in [4.78, 5) is 54.6. The maximum atomic E-state index is 12.7. The van der Waals surface area contributed by atoms with E-state index in [1.807, 2.05) is 30.3 Å². The fourth-order valence-electron chi connectivity index (χ4n) is 4.51. The number of likely N-dealkylation sites (tertiary alicyclic amines) is 1. The molecule has 29 heavy (non-hydrogen) atoms. The summed E-state index contributed by atoms with van der Waals surface area (Å²) in [6.45, 7) is 1.43. The van der Waals surface area contributed by atoms with Crippen LogP contribution in [0.3, 0.4) is 0 Å². The lowest BCUT2D eigenvalue weighted by atomic mass is 9.81. The maximum Gasteiger partial charge on any atom is 0.321 e. The molecule has 3 aliphatic rings. The first-order valence-corrected chi connectivity index (χ1v) is 10.3. The van der Waals surface area contributed by atoms with E-state index in [9.17, 15) is 19.2 Å². The number of hydrogen-bond donors (Lipinski definition) is 1. The number of carbonyl (C=O) groups is 4. The van der Waals surface area contributed by atoms with Crippen molar-refractivity contribution in [3.05, 3.63) is 30.3 Å². The van der Waals surface area contributed by atoms with Gasteiger partial charge in [0.15, 0.2) is 0 Å². The number of fused-ring (bicyclic) bond motifs is 1. The van der Waals surface area contributed by atoms with Gasteiger partial charge in [0.2, 0.25) is 17.7 Å². The minimum atomic E-state index is -0.234. The number of amides is 5. The number of nitrogens with zero attached hydrogens (tertiary/aromatic N) is 3. The van der Waals surface area contributed by atoms with Crippen molar-refractivity contribution in [2.75, 3.05) is 38.0 Å². The molecule has 1 aliphatic carbocycles. The third-order valence-corrected chi connectivity index (χ3v) is 6.17. The predicted molar refractivity (Wildman–Crippen MR) is 106 cm³/mol. The molecule has 2 aliphatic heterocycles. The van der Waals surface area contributed by atoms with Gasteiger partial charge in [-0.15, -0.1) is 0 Å². The molecule has 8 nitrogen and oxygen atoms in total. The Morgan fingerprint density at radius 3 is 2.00 bits per heavy atom. The molecule has 2 unspecified atom stereocenters. The Labute approximate surface area is 169 Å². The maximum absolute atomic E-state index is 12.7. The minimum absolute atomic E-state index is 0.180. The van der Waals surface area contributed by atoms with E-state index in [0.29, 0.717) is 26.2 Å². The van der Waals surface area contributed by atoms with Crippen LogP contribution in [-0.4, -0.2) is 71.2 Å². The molecule has 8 heteroatoms. The highest BCUT2D eigenvalue weighted by atomic mass is 16.2. The normalized spacial score (nSPS) is 24.5. The number of imide groups is 1. The van der Waals surface area contributed by atoms with E-state index < -0.39 is 0 Å². The van der Waals surface area contributed by atoms with E-state index in [1.54, 1.807) is 9.80 Å². The summed E-state index contributed by atoms with van der Waals surface area (Å²) < 4.78 is 0. The molecule has 5 amide bonds. The van der Waals surface area contributed by atoms with E-state index >= 15 is 0 Å². The fourth-order valence-corrected chi connectivity index (χ4v) is 4.51. The highest BCUT2D eigenvalue weighted by molar-refractivity contribution is 6.07. The smallest absolute Gasteiger partial charge is 0.321 e. The zero-order valence-corrected chi connectivity index (χ0v) is 16.4. The summed E-state index contributed by atoms with van der Waals surface area (Å²) in [6, 6.07) is 9.02. The zero-order valence-electron chi connectivity index (χ0n) is 16.4. The molecule has 154 valence electrons. The average Bonchev–Trinajstić information content (AvgIpc) is 2.99. The van der Waals surface area contributed by atoms with Crippen LogP contribution in [0.25, 0.3) is 0 Å². The van der Waals surface area contributed by atoms with Crippen molar-refractivity contribution in [3.8, 4) is 0 Å². The van der Waals surface area contributed by atoms with Crippen LogP contribution in [0.5, 0.6) is 0 Å². The van der Waals surface area contributed by atoms with Crippen molar-refractivity contribution in [2.45, 2.75) is 25.7 Å². The molecular formula is C21H26N4O4. The lowest BCUT2D eigenvalue weighted by Crippen LogP contribution is -2.54. The molecule has 0 spiro atoms. The monoisotopic (exact) mass is 398 g/mol. The molecule has 1 aromatic carbocycles. The van der Waals surface area contributed by atoms with Crippen LogP contribution in [0, 0.1) is 11.8 Å². The first-order chi connectivity index (χ1) is 14.0. The number of para-hydroxylation sites is 1. The number of urea groups is 1. The van der Waals surface area contributed by atoms with Gasteiger partial charge in [-0.05, 0) is 25.0 Å². The molecular weight excluding hydrogens is 372 g/mol. The van der Waals surface area contributed by atoms with Gasteiger partial charge in [-0.2, -0.15) is 0 Å². The summed E-state index contributed by atoms with van der Waals surface area (Å²) in [6.07, 6.45) is 3.42. The van der Waals surface area contributed by atoms with E-state index in [4.69, 9.17) is 0 Å². The molecule has 2 heterocycles. The van der Waals surface area contributed by atoms with Crippen molar-refractivity contribution in [3.63, 3.8) is 0 Å². The van der Waals surface area contributed by atoms with Crippen molar-refractivity contribution >= 4 is 29.4 Å². The predicted octanol–water partition coefficient (Wildman–Crippen LogP) is 1.54. The standard InChI is InChI=1S/C21H26N4O4/c26-18(14-25-19(27)16-8-4-5-9-17(16)20(25)28)23-10-12-24(13-11-23)21(29)22-15-6-2-1-3-7-15/h1-3,6-7,16-17H,4-5,8-14H2,(H,22,29). The lowest BCUT2D eigenvalue weighted by molar-refractivity contribution is -0.147. The van der Waals surface area contributed by atoms with Crippen molar-refractivity contribution in [1.29, 1.82) is 0 Å². The highest BCUT2D eigenvalue weighted by Gasteiger charge is 2.48. The van der Waals surface area contributed by atoms with Gasteiger partial charge in [-0.3, -0.25) is 19.3 Å². The van der Waals surface area contributed by atoms with E-state index in [1.165, 1.54) is 0 Å². The van der Waals surface area contributed by atoms with Gasteiger partial charge in [-0.1, -0.05) is 31.0 Å². The molecule has 2 atom stereocenters. The first-order valence-electron chi connectivity index (χ1n) is 10.3. The SMILES string of the molecule is O=C(CN1C(=O)C2CCCCC2C1=O)N1CCN(C(=O)Nc2ccccc2)CC1. The molecule has 4 rings (SSSR count). The molecule has 1 aromatic rings. The quantitative estimate of drug-likeness (QED) is 0.782. The van der Waals surface area contributed by atoms with Crippen LogP contribution < -0.4 is 5.32 Å². The van der Waals surface area contributed by atoms with Crippen LogP contribution >= 0.6 is 0 Å². The Morgan fingerprint density at radius 1 is 0.862 bits per heavy atom. The molecule has 0 aromatic heterocycles. The molecule has 1 saturated carbocycles. The lowest BCUT2D eigenvalue weighted by Gasteiger charge is -2.35. The highest BCUT2D eigenvalue weighted by Crippen LogP contribution is 2.37. The van der Waals surface area contributed by atoms with E-state index in [2.05, 4.69) is 5.32 Å². The van der Waals surface area contributed by atoms with Gasteiger partial charge in [0.25, 0.3) is 0 Å². The summed E-state index contributed by atoms with van der Waals surface area (Å²) in [7, 11) is 0. The number of piperazine rings is 1. The number of anilines is 1. The summed E-state index contributed by atoms with van der Waals surface area (Å²) in [5, 5.41) is 2.84. The Hall–Kier alpha value is -2.90. The first kappa shape index (κ1) is 19.4. The number of hydrogen-bond acceptors (Lipinski definition) is 4. The third kappa shape index (κ3) is 3.97. The van der Waals surface area contributed by atoms with Crippen LogP contribution in [0.1, 0.15) is 25.7 Å². The Balaban J connectivity index is 1.28. The van der Waals surface area contributed by atoms with Crippen LogP contribution in [-0.2, 0) is 14.4 Å². The van der Waals surface area contributed by atoms with Crippen molar-refractivity contribution in [1.82, 2.24) is 14.7 Å². The number of carbonyl (C=O) groups excluding carboxylic acids is 4. The van der Waals surface area contributed by atoms with Crippen molar-refractivity contribution in [2.24, 2.45) is 11.8 Å². The second kappa shape index (κ2) is 8.23. The fraction of sp³-hybridized carbons (Fsp3) is 0.524. The average molecular weight is 398 g/mol. The van der Waals surface area contributed by atoms with Crippen LogP contribution in [0.15, 0.2) is 30.3 Å². The number of benzene rings is 1. The molecule has 2 saturated heterocycles. The summed E-state index contributed by atoms with van der Waals surface area (Å²) in [5.74, 6) is -1.07. The van der Waals surface area contributed by atoms with Gasteiger partial charge in [-0.25, -0.2) is 4.79 Å². The van der Waals surface area contributed by atoms with Gasteiger partial charge in [0, 0.05) is 31.9 Å². The van der Waals surface area contributed by atoms with Gasteiger partial charge < -0.3 is 15.1 Å². The Kier molecular flexibility index (Phi) is 5.51. The molecule has 0 radical (unpaired) electrons. The van der Waals surface area contributed by atoms with E-state index in [0.717, 1.165) is 36.3 Å². The number of nitrogens with one attached hydrogen (secondary N) is 1. The van der Waals surface area contributed by atoms with Crippen LogP contribution in [0.2, 0.25) is 0 Å². The second-order valence-electron chi connectivity index (χ2n) is 7.92. The summed E-state index contributed by atoms with van der Waals surface area (Å²) >= 11 is 0. The van der Waals surface area contributed by atoms with E-state index in [-0.39, 0.29) is 42.1 Å². The van der Waals surface area contributed by atoms with Gasteiger partial charge in [0.05, 0.1) is 11.8 Å². The molecule has 1 N–H and O–H groups in total. The van der Waals surface area contributed by atoms with Gasteiger partial charge in [0.1, 0.15) is 6.54 Å². The Morgan fingerprint density at radius 2 is 1.41 bits per heavy atom. The summed E-state index contributed by atoms with van der Waals surface area (Å²) in [5.41, 5.74) is 0.725. The molecule has 3 fully saturated rings. The second-order valence-corrected chi connectivity index (χ2v) is 7.92. The zero-order chi connectivity index (χ0) is 20.4. The minimum Gasteiger partial charge on any atom is -0.338 e. The topological polar surface area (TPSA) is 90.0 Å². The Bertz CT molecular complexity index is 780. The largest absolute Gasteiger partial charge is 0.338 e.